The minimum Gasteiger partial charge on any atom is -0.298 e. The van der Waals surface area contributed by atoms with Crippen molar-refractivity contribution in [2.75, 3.05) is 0 Å². The van der Waals surface area contributed by atoms with Crippen molar-refractivity contribution in [1.29, 1.82) is 0 Å². The number of carbonyl (C=O) groups excluding carboxylic acids is 1. The lowest BCUT2D eigenvalue weighted by molar-refractivity contribution is -0.136. The molecule has 0 heterocycles. The maximum atomic E-state index is 12.2. The lowest BCUT2D eigenvalue weighted by Gasteiger charge is -2.46. The van der Waals surface area contributed by atoms with Gasteiger partial charge in [-0.25, -0.2) is 0 Å². The van der Waals surface area contributed by atoms with Crippen molar-refractivity contribution in [1.82, 2.24) is 0 Å². The molecule has 0 aliphatic heterocycles. The Morgan fingerprint density at radius 1 is 0.880 bits per heavy atom. The van der Waals surface area contributed by atoms with Crippen LogP contribution in [0.2, 0.25) is 0 Å². The van der Waals surface area contributed by atoms with Crippen LogP contribution in [0.25, 0.3) is 0 Å². The quantitative estimate of drug-likeness (QED) is 0.153. The summed E-state index contributed by atoms with van der Waals surface area (Å²) in [5.74, 6) is 1.27. The van der Waals surface area contributed by atoms with Crippen LogP contribution in [0.1, 0.15) is 110 Å². The smallest absolute Gasteiger partial charge is 0.154 e. The molecule has 1 nitrogen and oxygen atoms in total. The Morgan fingerprint density at radius 2 is 1.36 bits per heavy atom. The van der Waals surface area contributed by atoms with Crippen LogP contribution < -0.4 is 0 Å². The molecule has 0 bridgehead atoms. The Bertz CT molecular complexity index is 416. The van der Waals surface area contributed by atoms with Gasteiger partial charge in [0.25, 0.3) is 0 Å². The number of unbranched alkanes of at least 4 members (excludes halogenated alkanes) is 13. The van der Waals surface area contributed by atoms with E-state index in [1.54, 1.807) is 0 Å². The van der Waals surface area contributed by atoms with Crippen molar-refractivity contribution >= 4 is 21.7 Å². The minimum atomic E-state index is -0.193. The topological polar surface area (TPSA) is 17.1 Å². The van der Waals surface area contributed by atoms with Gasteiger partial charge >= 0.3 is 0 Å². The number of hydrogen-bond acceptors (Lipinski definition) is 1. The van der Waals surface area contributed by atoms with Gasteiger partial charge in [0, 0.05) is 11.8 Å². The van der Waals surface area contributed by atoms with Gasteiger partial charge in [-0.2, -0.15) is 0 Å². The summed E-state index contributed by atoms with van der Waals surface area (Å²) in [5.41, 5.74) is 0. The molecule has 2 aliphatic rings. The molecule has 1 saturated carbocycles. The van der Waals surface area contributed by atoms with Crippen molar-refractivity contribution in [3.05, 3.63) is 12.2 Å². The first-order valence-corrected chi connectivity index (χ1v) is 11.9. The Balaban J connectivity index is 1.35. The van der Waals surface area contributed by atoms with E-state index in [0.29, 0.717) is 17.6 Å². The summed E-state index contributed by atoms with van der Waals surface area (Å²) >= 11 is 3.78. The average molecular weight is 411 g/mol. The number of hydrogen-bond donors (Lipinski definition) is 0. The molecule has 2 heteroatoms. The lowest BCUT2D eigenvalue weighted by atomic mass is 9.63. The summed E-state index contributed by atoms with van der Waals surface area (Å²) in [5, 5.41) is 0. The molecule has 25 heavy (non-hydrogen) atoms. The molecule has 0 N–H and O–H groups in total. The molecule has 2 rings (SSSR count). The summed E-state index contributed by atoms with van der Waals surface area (Å²) in [7, 11) is 0. The van der Waals surface area contributed by atoms with Crippen molar-refractivity contribution in [3.63, 3.8) is 0 Å². The van der Waals surface area contributed by atoms with Gasteiger partial charge in [-0.05, 0) is 12.8 Å². The van der Waals surface area contributed by atoms with Crippen molar-refractivity contribution < 1.29 is 4.79 Å². The molecule has 2 aliphatic carbocycles. The maximum Gasteiger partial charge on any atom is 0.154 e. The second kappa shape index (κ2) is 11.6. The molecule has 0 radical (unpaired) electrons. The van der Waals surface area contributed by atoms with Crippen LogP contribution in [-0.2, 0) is 4.79 Å². The fourth-order valence-corrected chi connectivity index (χ4v) is 5.68. The summed E-state index contributed by atoms with van der Waals surface area (Å²) in [6.07, 6.45) is 26.0. The van der Waals surface area contributed by atoms with Crippen LogP contribution in [0.4, 0.5) is 0 Å². The average Bonchev–Trinajstić information content (AvgIpc) is 3.09. The van der Waals surface area contributed by atoms with Gasteiger partial charge < -0.3 is 0 Å². The summed E-state index contributed by atoms with van der Waals surface area (Å²) in [6, 6.07) is 0. The van der Waals surface area contributed by atoms with Crippen molar-refractivity contribution in [3.8, 4) is 0 Å². The Labute approximate surface area is 164 Å². The van der Waals surface area contributed by atoms with E-state index in [4.69, 9.17) is 0 Å². The largest absolute Gasteiger partial charge is 0.298 e. The molecular formula is C23H39BrO. The van der Waals surface area contributed by atoms with E-state index < -0.39 is 0 Å². The van der Waals surface area contributed by atoms with Crippen LogP contribution in [0.15, 0.2) is 12.2 Å². The molecule has 1 fully saturated rings. The first-order valence-electron chi connectivity index (χ1n) is 11.1. The number of halogens is 1. The van der Waals surface area contributed by atoms with Crippen molar-refractivity contribution in [2.24, 2.45) is 11.8 Å². The highest BCUT2D eigenvalue weighted by molar-refractivity contribution is 9.10. The lowest BCUT2D eigenvalue weighted by Crippen LogP contribution is -2.57. The van der Waals surface area contributed by atoms with Crippen molar-refractivity contribution in [2.45, 2.75) is 114 Å². The minimum absolute atomic E-state index is 0.193. The monoisotopic (exact) mass is 410 g/mol. The molecule has 0 aromatic carbocycles. The number of Topliss-reactive ketones (excluding diaryl/α,β-unsaturated/α-hetero) is 1. The molecule has 144 valence electrons. The highest BCUT2D eigenvalue weighted by Crippen LogP contribution is 2.54. The maximum absolute atomic E-state index is 12.2. The zero-order valence-corrected chi connectivity index (χ0v) is 18.0. The summed E-state index contributed by atoms with van der Waals surface area (Å²) in [6.45, 7) is 2.28. The van der Waals surface area contributed by atoms with E-state index in [9.17, 15) is 4.79 Å². The van der Waals surface area contributed by atoms with Gasteiger partial charge in [0.1, 0.15) is 0 Å². The summed E-state index contributed by atoms with van der Waals surface area (Å²) in [4.78, 5) is 12.2. The second-order valence-electron chi connectivity index (χ2n) is 8.37. The molecular weight excluding hydrogens is 372 g/mol. The molecule has 0 aromatic heterocycles. The number of alkyl halides is 1. The SMILES string of the molecule is CCCCCCCCCCCCCCCC[C@@]1(Br)C(=O)[C@@H]2CC=C[C@@H]21. The summed E-state index contributed by atoms with van der Waals surface area (Å²) < 4.78 is -0.193. The molecule has 0 aromatic rings. The molecule has 0 saturated heterocycles. The molecule has 3 atom stereocenters. The number of allylic oxidation sites excluding steroid dienone is 2. The third-order valence-corrected chi connectivity index (χ3v) is 7.65. The fourth-order valence-electron chi connectivity index (χ4n) is 4.64. The second-order valence-corrected chi connectivity index (χ2v) is 9.78. The van der Waals surface area contributed by atoms with Crippen LogP contribution in [0.3, 0.4) is 0 Å². The Morgan fingerprint density at radius 3 is 1.88 bits per heavy atom. The Kier molecular flexibility index (Phi) is 9.81. The fraction of sp³-hybridized carbons (Fsp3) is 0.870. The van der Waals surface area contributed by atoms with E-state index in [1.807, 2.05) is 0 Å². The molecule has 0 amide bonds. The number of rotatable bonds is 15. The zero-order valence-electron chi connectivity index (χ0n) is 16.4. The predicted molar refractivity (Wildman–Crippen MR) is 112 cm³/mol. The normalized spacial score (nSPS) is 27.5. The van der Waals surface area contributed by atoms with Gasteiger partial charge in [-0.3, -0.25) is 4.79 Å². The van der Waals surface area contributed by atoms with Gasteiger partial charge in [-0.1, -0.05) is 125 Å². The van der Waals surface area contributed by atoms with Gasteiger partial charge in [0.05, 0.1) is 4.32 Å². The molecule has 0 spiro atoms. The third kappa shape index (κ3) is 6.22. The van der Waals surface area contributed by atoms with E-state index in [1.165, 1.54) is 89.9 Å². The van der Waals surface area contributed by atoms with E-state index in [0.717, 1.165) is 12.8 Å². The zero-order chi connectivity index (χ0) is 18.0. The van der Waals surface area contributed by atoms with Crippen LogP contribution in [0, 0.1) is 11.8 Å². The highest BCUT2D eigenvalue weighted by atomic mass is 79.9. The van der Waals surface area contributed by atoms with Crippen LogP contribution in [-0.4, -0.2) is 10.1 Å². The van der Waals surface area contributed by atoms with E-state index in [2.05, 4.69) is 35.0 Å². The molecule has 0 unspecified atom stereocenters. The number of fused-ring (bicyclic) bond motifs is 1. The van der Waals surface area contributed by atoms with E-state index >= 15 is 0 Å². The van der Waals surface area contributed by atoms with Crippen LogP contribution >= 0.6 is 15.9 Å². The van der Waals surface area contributed by atoms with Gasteiger partial charge in [0.2, 0.25) is 0 Å². The number of ketones is 1. The number of carbonyl (C=O) groups is 1. The standard InChI is InChI=1S/C23H39BrO/c1-2-3-4-5-6-7-8-9-10-11-12-13-14-15-19-23(24)21-18-16-17-20(21)22(23)25/h16,18,20-21H,2-15,17,19H2,1H3/t20-,21+,23+/m1/s1. The predicted octanol–water partition coefficient (Wildman–Crippen LogP) is 7.77. The Hall–Kier alpha value is -0.110. The highest BCUT2D eigenvalue weighted by Gasteiger charge is 2.59. The van der Waals surface area contributed by atoms with E-state index in [-0.39, 0.29) is 4.32 Å². The van der Waals surface area contributed by atoms with Crippen LogP contribution in [0.5, 0.6) is 0 Å². The first-order chi connectivity index (χ1) is 12.2. The van der Waals surface area contributed by atoms with Gasteiger partial charge in [-0.15, -0.1) is 0 Å². The third-order valence-electron chi connectivity index (χ3n) is 6.34. The van der Waals surface area contributed by atoms with Gasteiger partial charge in [0.15, 0.2) is 5.78 Å². The first kappa shape index (κ1) is 21.2.